The molecule has 1 atom stereocenters. The molecule has 1 aliphatic rings. The van der Waals surface area contributed by atoms with Crippen molar-refractivity contribution in [3.05, 3.63) is 35.4 Å². The summed E-state index contributed by atoms with van der Waals surface area (Å²) in [6.07, 6.45) is 4.07. The molecule has 1 aliphatic heterocycles. The Balaban J connectivity index is 2.06. The molecule has 1 aromatic carbocycles. The minimum Gasteiger partial charge on any atom is -0.381 e. The van der Waals surface area contributed by atoms with Crippen LogP contribution >= 0.6 is 0 Å². The lowest BCUT2D eigenvalue weighted by Gasteiger charge is -2.27. The molecule has 112 valence electrons. The molecule has 2 nitrogen and oxygen atoms in total. The van der Waals surface area contributed by atoms with Crippen LogP contribution in [0.2, 0.25) is 0 Å². The molecule has 2 rings (SSSR count). The molecular weight excluding hydrogens is 260 g/mol. The van der Waals surface area contributed by atoms with E-state index in [9.17, 15) is 8.78 Å². The molecule has 20 heavy (non-hydrogen) atoms. The van der Waals surface area contributed by atoms with Crippen LogP contribution in [-0.2, 0) is 4.74 Å². The lowest BCUT2D eigenvalue weighted by Crippen LogP contribution is -2.27. The van der Waals surface area contributed by atoms with Gasteiger partial charge in [-0.25, -0.2) is 8.78 Å². The van der Waals surface area contributed by atoms with Crippen molar-refractivity contribution < 1.29 is 13.5 Å². The molecule has 1 N–H and O–H groups in total. The first-order chi connectivity index (χ1) is 9.70. The second-order valence-electron chi connectivity index (χ2n) is 5.47. The van der Waals surface area contributed by atoms with E-state index < -0.39 is 11.6 Å². The SMILES string of the molecule is CCCNC(CC1CCOCC1)c1ccc(F)c(F)c1. The van der Waals surface area contributed by atoms with Gasteiger partial charge in [-0.2, -0.15) is 0 Å². The summed E-state index contributed by atoms with van der Waals surface area (Å²) in [7, 11) is 0. The highest BCUT2D eigenvalue weighted by atomic mass is 19.2. The monoisotopic (exact) mass is 283 g/mol. The molecular formula is C16H23F2NO. The number of nitrogens with one attached hydrogen (secondary N) is 1. The topological polar surface area (TPSA) is 21.3 Å². The number of hydrogen-bond donors (Lipinski definition) is 1. The molecule has 0 aromatic heterocycles. The Hall–Kier alpha value is -1.00. The van der Waals surface area contributed by atoms with E-state index in [1.54, 1.807) is 6.07 Å². The van der Waals surface area contributed by atoms with Crippen molar-refractivity contribution in [2.45, 2.75) is 38.6 Å². The fourth-order valence-corrected chi connectivity index (χ4v) is 2.70. The van der Waals surface area contributed by atoms with E-state index in [2.05, 4.69) is 12.2 Å². The smallest absolute Gasteiger partial charge is 0.159 e. The zero-order valence-electron chi connectivity index (χ0n) is 12.0. The van der Waals surface area contributed by atoms with Crippen LogP contribution in [0.25, 0.3) is 0 Å². The van der Waals surface area contributed by atoms with Crippen LogP contribution in [0.1, 0.15) is 44.2 Å². The standard InChI is InChI=1S/C16H23F2NO/c1-2-7-19-16(10-12-5-8-20-9-6-12)13-3-4-14(17)15(18)11-13/h3-4,11-12,16,19H,2,5-10H2,1H3. The Morgan fingerprint density at radius 3 is 2.65 bits per heavy atom. The van der Waals surface area contributed by atoms with Gasteiger partial charge in [-0.15, -0.1) is 0 Å². The summed E-state index contributed by atoms with van der Waals surface area (Å²) in [4.78, 5) is 0. The van der Waals surface area contributed by atoms with Crippen LogP contribution in [0.15, 0.2) is 18.2 Å². The summed E-state index contributed by atoms with van der Waals surface area (Å²) < 4.78 is 31.9. The molecule has 0 amide bonds. The highest BCUT2D eigenvalue weighted by Gasteiger charge is 2.21. The number of benzene rings is 1. The zero-order chi connectivity index (χ0) is 14.4. The Morgan fingerprint density at radius 1 is 1.25 bits per heavy atom. The third-order valence-electron chi connectivity index (χ3n) is 3.90. The lowest BCUT2D eigenvalue weighted by atomic mass is 9.89. The predicted molar refractivity (Wildman–Crippen MR) is 75.6 cm³/mol. The second-order valence-corrected chi connectivity index (χ2v) is 5.47. The average Bonchev–Trinajstić information content (AvgIpc) is 2.47. The Morgan fingerprint density at radius 2 is 2.00 bits per heavy atom. The van der Waals surface area contributed by atoms with E-state index in [0.29, 0.717) is 5.92 Å². The number of hydrogen-bond acceptors (Lipinski definition) is 2. The summed E-state index contributed by atoms with van der Waals surface area (Å²) in [5, 5.41) is 3.45. The second kappa shape index (κ2) is 7.70. The van der Waals surface area contributed by atoms with Crippen molar-refractivity contribution in [2.75, 3.05) is 19.8 Å². The summed E-state index contributed by atoms with van der Waals surface area (Å²) in [5.74, 6) is -0.960. The van der Waals surface area contributed by atoms with Crippen LogP contribution in [0, 0.1) is 17.6 Å². The first kappa shape index (κ1) is 15.4. The van der Waals surface area contributed by atoms with Crippen molar-refractivity contribution in [2.24, 2.45) is 5.92 Å². The van der Waals surface area contributed by atoms with Gasteiger partial charge < -0.3 is 10.1 Å². The van der Waals surface area contributed by atoms with Crippen LogP contribution in [0.5, 0.6) is 0 Å². The third-order valence-corrected chi connectivity index (χ3v) is 3.90. The van der Waals surface area contributed by atoms with Crippen molar-refractivity contribution in [3.8, 4) is 0 Å². The van der Waals surface area contributed by atoms with Gasteiger partial charge in [0.15, 0.2) is 11.6 Å². The fraction of sp³-hybridized carbons (Fsp3) is 0.625. The van der Waals surface area contributed by atoms with Gasteiger partial charge in [-0.05, 0) is 55.8 Å². The first-order valence-electron chi connectivity index (χ1n) is 7.46. The van der Waals surface area contributed by atoms with E-state index in [-0.39, 0.29) is 6.04 Å². The van der Waals surface area contributed by atoms with Crippen molar-refractivity contribution >= 4 is 0 Å². The van der Waals surface area contributed by atoms with Crippen LogP contribution in [-0.4, -0.2) is 19.8 Å². The predicted octanol–water partition coefficient (Wildman–Crippen LogP) is 3.82. The van der Waals surface area contributed by atoms with Crippen molar-refractivity contribution in [1.82, 2.24) is 5.32 Å². The molecule has 0 spiro atoms. The van der Waals surface area contributed by atoms with Crippen LogP contribution < -0.4 is 5.32 Å². The van der Waals surface area contributed by atoms with Gasteiger partial charge >= 0.3 is 0 Å². The van der Waals surface area contributed by atoms with Gasteiger partial charge in [-0.1, -0.05) is 13.0 Å². The number of rotatable bonds is 6. The molecule has 1 unspecified atom stereocenters. The van der Waals surface area contributed by atoms with E-state index in [1.807, 2.05) is 0 Å². The van der Waals surface area contributed by atoms with Crippen LogP contribution in [0.4, 0.5) is 8.78 Å². The van der Waals surface area contributed by atoms with Gasteiger partial charge in [0.25, 0.3) is 0 Å². The molecule has 1 aromatic rings. The molecule has 0 radical (unpaired) electrons. The van der Waals surface area contributed by atoms with E-state index >= 15 is 0 Å². The minimum absolute atomic E-state index is 0.0909. The maximum atomic E-state index is 13.4. The third kappa shape index (κ3) is 4.25. The van der Waals surface area contributed by atoms with E-state index in [0.717, 1.165) is 51.0 Å². The number of halogens is 2. The maximum absolute atomic E-state index is 13.4. The van der Waals surface area contributed by atoms with Gasteiger partial charge in [0.2, 0.25) is 0 Å². The molecule has 0 saturated carbocycles. The van der Waals surface area contributed by atoms with Gasteiger partial charge in [0, 0.05) is 19.3 Å². The van der Waals surface area contributed by atoms with Gasteiger partial charge in [0.1, 0.15) is 0 Å². The zero-order valence-corrected chi connectivity index (χ0v) is 12.0. The van der Waals surface area contributed by atoms with Crippen molar-refractivity contribution in [1.29, 1.82) is 0 Å². The highest BCUT2D eigenvalue weighted by Crippen LogP contribution is 2.28. The van der Waals surface area contributed by atoms with Crippen LogP contribution in [0.3, 0.4) is 0 Å². The largest absolute Gasteiger partial charge is 0.381 e. The van der Waals surface area contributed by atoms with E-state index in [4.69, 9.17) is 4.74 Å². The Bertz CT molecular complexity index is 419. The van der Waals surface area contributed by atoms with E-state index in [1.165, 1.54) is 12.1 Å². The minimum atomic E-state index is -0.783. The molecule has 1 fully saturated rings. The summed E-state index contributed by atoms with van der Waals surface area (Å²) in [5.41, 5.74) is 0.837. The normalized spacial score (nSPS) is 18.1. The molecule has 0 bridgehead atoms. The summed E-state index contributed by atoms with van der Waals surface area (Å²) in [6, 6.07) is 4.32. The summed E-state index contributed by atoms with van der Waals surface area (Å²) in [6.45, 7) is 4.60. The number of ether oxygens (including phenoxy) is 1. The first-order valence-corrected chi connectivity index (χ1v) is 7.46. The summed E-state index contributed by atoms with van der Waals surface area (Å²) >= 11 is 0. The Labute approximate surface area is 119 Å². The lowest BCUT2D eigenvalue weighted by molar-refractivity contribution is 0.0605. The van der Waals surface area contributed by atoms with Crippen molar-refractivity contribution in [3.63, 3.8) is 0 Å². The fourth-order valence-electron chi connectivity index (χ4n) is 2.70. The van der Waals surface area contributed by atoms with Gasteiger partial charge in [0.05, 0.1) is 0 Å². The highest BCUT2D eigenvalue weighted by molar-refractivity contribution is 5.21. The quantitative estimate of drug-likeness (QED) is 0.857. The molecule has 1 heterocycles. The Kier molecular flexibility index (Phi) is 5.92. The molecule has 0 aliphatic carbocycles. The molecule has 1 saturated heterocycles. The average molecular weight is 283 g/mol. The maximum Gasteiger partial charge on any atom is 0.159 e. The molecule has 4 heteroatoms. The van der Waals surface area contributed by atoms with Gasteiger partial charge in [-0.3, -0.25) is 0 Å².